The highest BCUT2D eigenvalue weighted by Crippen LogP contribution is 2.19. The van der Waals surface area contributed by atoms with E-state index in [4.69, 9.17) is 4.74 Å². The smallest absolute Gasteiger partial charge is 0.270 e. The van der Waals surface area contributed by atoms with E-state index < -0.39 is 0 Å². The van der Waals surface area contributed by atoms with Gasteiger partial charge in [0.2, 0.25) is 0 Å². The number of ether oxygens (including phenoxy) is 1. The lowest BCUT2D eigenvalue weighted by atomic mass is 10.1. The number of nitrogens with one attached hydrogen (secondary N) is 1. The summed E-state index contributed by atoms with van der Waals surface area (Å²) in [5, 5.41) is 3.33. The van der Waals surface area contributed by atoms with Gasteiger partial charge in [-0.2, -0.15) is 0 Å². The van der Waals surface area contributed by atoms with Crippen molar-refractivity contribution in [1.82, 2.24) is 14.8 Å². The first-order chi connectivity index (χ1) is 8.75. The third-order valence-corrected chi connectivity index (χ3v) is 3.88. The minimum atomic E-state index is 0. The Morgan fingerprint density at radius 2 is 2.32 bits per heavy atom. The lowest BCUT2D eigenvalue weighted by Gasteiger charge is -2.23. The summed E-state index contributed by atoms with van der Waals surface area (Å²) in [4.78, 5) is 14.4. The average Bonchev–Trinajstić information content (AvgIpc) is 2.93. The van der Waals surface area contributed by atoms with Gasteiger partial charge in [0.1, 0.15) is 5.69 Å². The summed E-state index contributed by atoms with van der Waals surface area (Å²) in [7, 11) is 1.90. The molecule has 2 aliphatic heterocycles. The Hall–Kier alpha value is -1.04. The first-order valence-corrected chi connectivity index (χ1v) is 6.48. The van der Waals surface area contributed by atoms with Crippen molar-refractivity contribution in [3.05, 3.63) is 24.0 Å². The van der Waals surface area contributed by atoms with Gasteiger partial charge < -0.3 is 19.5 Å². The third-order valence-electron chi connectivity index (χ3n) is 3.88. The molecule has 0 radical (unpaired) electrons. The van der Waals surface area contributed by atoms with Gasteiger partial charge >= 0.3 is 0 Å². The zero-order valence-corrected chi connectivity index (χ0v) is 11.9. The lowest BCUT2D eigenvalue weighted by molar-refractivity contribution is 0.0560. The van der Waals surface area contributed by atoms with E-state index in [0.29, 0.717) is 19.1 Å². The molecular formula is C13H20ClN3O2. The van der Waals surface area contributed by atoms with Gasteiger partial charge in [-0.05, 0) is 12.1 Å². The Labute approximate surface area is 119 Å². The first kappa shape index (κ1) is 14.4. The van der Waals surface area contributed by atoms with Gasteiger partial charge in [0.25, 0.3) is 5.91 Å². The fourth-order valence-electron chi connectivity index (χ4n) is 2.80. The second-order valence-electron chi connectivity index (χ2n) is 5.08. The van der Waals surface area contributed by atoms with Gasteiger partial charge in [0.15, 0.2) is 0 Å². The Morgan fingerprint density at radius 1 is 1.47 bits per heavy atom. The van der Waals surface area contributed by atoms with Crippen molar-refractivity contribution in [2.75, 3.05) is 32.8 Å². The first-order valence-electron chi connectivity index (χ1n) is 6.48. The molecule has 6 heteroatoms. The number of rotatable bonds is 1. The predicted octanol–water partition coefficient (Wildman–Crippen LogP) is 0.507. The van der Waals surface area contributed by atoms with Crippen molar-refractivity contribution >= 4 is 18.3 Å². The predicted molar refractivity (Wildman–Crippen MR) is 74.7 cm³/mol. The molecule has 0 aliphatic carbocycles. The van der Waals surface area contributed by atoms with Gasteiger partial charge in [-0.15, -0.1) is 12.4 Å². The summed E-state index contributed by atoms with van der Waals surface area (Å²) in [5.74, 6) is 0.537. The standard InChI is InChI=1S/C13H19N3O2.ClH/c1-15-4-2-3-11(15)13(17)16-5-6-18-12-8-14-7-10(12)9-16;/h2-4,10,12,14H,5-9H2,1H3;1H/t10-,12-;/m1./s1. The van der Waals surface area contributed by atoms with E-state index in [2.05, 4.69) is 5.32 Å². The Kier molecular flexibility index (Phi) is 4.50. The highest BCUT2D eigenvalue weighted by molar-refractivity contribution is 5.92. The summed E-state index contributed by atoms with van der Waals surface area (Å²) >= 11 is 0. The van der Waals surface area contributed by atoms with Crippen LogP contribution < -0.4 is 5.32 Å². The monoisotopic (exact) mass is 285 g/mol. The van der Waals surface area contributed by atoms with E-state index in [9.17, 15) is 4.79 Å². The van der Waals surface area contributed by atoms with Crippen LogP contribution in [0.5, 0.6) is 0 Å². The third kappa shape index (κ3) is 2.78. The zero-order valence-electron chi connectivity index (χ0n) is 11.0. The molecule has 2 aliphatic rings. The van der Waals surface area contributed by atoms with Crippen LogP contribution in [0, 0.1) is 5.92 Å². The van der Waals surface area contributed by atoms with Crippen LogP contribution in [-0.2, 0) is 11.8 Å². The van der Waals surface area contributed by atoms with Crippen LogP contribution in [0.4, 0.5) is 0 Å². The number of nitrogens with zero attached hydrogens (tertiary/aromatic N) is 2. The van der Waals surface area contributed by atoms with Crippen LogP contribution in [0.3, 0.4) is 0 Å². The number of halogens is 1. The number of carbonyl (C=O) groups excluding carboxylic acids is 1. The van der Waals surface area contributed by atoms with E-state index in [1.165, 1.54) is 0 Å². The Morgan fingerprint density at radius 3 is 3.05 bits per heavy atom. The molecule has 19 heavy (non-hydrogen) atoms. The molecule has 1 N–H and O–H groups in total. The summed E-state index contributed by atoms with van der Waals surface area (Å²) < 4.78 is 7.67. The minimum absolute atomic E-state index is 0. The number of aryl methyl sites for hydroxylation is 1. The minimum Gasteiger partial charge on any atom is -0.375 e. The van der Waals surface area contributed by atoms with Gasteiger partial charge in [0, 0.05) is 45.3 Å². The topological polar surface area (TPSA) is 46.5 Å². The molecule has 2 atom stereocenters. The van der Waals surface area contributed by atoms with E-state index in [1.807, 2.05) is 34.8 Å². The van der Waals surface area contributed by atoms with E-state index in [-0.39, 0.29) is 24.4 Å². The van der Waals surface area contributed by atoms with E-state index in [1.54, 1.807) is 0 Å². The number of hydrogen-bond acceptors (Lipinski definition) is 3. The fraction of sp³-hybridized carbons (Fsp3) is 0.615. The van der Waals surface area contributed by atoms with Crippen molar-refractivity contribution < 1.29 is 9.53 Å². The zero-order chi connectivity index (χ0) is 12.5. The summed E-state index contributed by atoms with van der Waals surface area (Å²) in [6, 6.07) is 3.78. The van der Waals surface area contributed by atoms with Gasteiger partial charge in [-0.25, -0.2) is 0 Å². The Balaban J connectivity index is 0.00000133. The molecule has 0 unspecified atom stereocenters. The number of carbonyl (C=O) groups is 1. The summed E-state index contributed by atoms with van der Waals surface area (Å²) in [5.41, 5.74) is 0.749. The molecule has 5 nitrogen and oxygen atoms in total. The number of fused-ring (bicyclic) bond motifs is 1. The average molecular weight is 286 g/mol. The molecule has 3 heterocycles. The van der Waals surface area contributed by atoms with E-state index >= 15 is 0 Å². The van der Waals surface area contributed by atoms with Crippen LogP contribution in [0.15, 0.2) is 18.3 Å². The highest BCUT2D eigenvalue weighted by atomic mass is 35.5. The Bertz CT molecular complexity index is 449. The SMILES string of the molecule is Cl.Cn1cccc1C(=O)N1CCO[C@@H]2CNC[C@@H]2C1. The van der Waals surface area contributed by atoms with Crippen molar-refractivity contribution in [2.45, 2.75) is 6.10 Å². The molecule has 2 fully saturated rings. The molecule has 0 bridgehead atoms. The van der Waals surface area contributed by atoms with Crippen molar-refractivity contribution in [3.8, 4) is 0 Å². The molecular weight excluding hydrogens is 266 g/mol. The number of amides is 1. The highest BCUT2D eigenvalue weighted by Gasteiger charge is 2.33. The molecule has 3 rings (SSSR count). The quantitative estimate of drug-likeness (QED) is 0.818. The maximum atomic E-state index is 12.5. The van der Waals surface area contributed by atoms with Crippen LogP contribution >= 0.6 is 12.4 Å². The number of hydrogen-bond donors (Lipinski definition) is 1. The normalized spacial score (nSPS) is 26.5. The molecule has 0 spiro atoms. The molecule has 1 aromatic heterocycles. The number of aromatic nitrogens is 1. The second-order valence-corrected chi connectivity index (χ2v) is 5.08. The molecule has 2 saturated heterocycles. The molecule has 106 valence electrons. The van der Waals surface area contributed by atoms with Crippen molar-refractivity contribution in [3.63, 3.8) is 0 Å². The van der Waals surface area contributed by atoms with Crippen LogP contribution in [0.1, 0.15) is 10.5 Å². The molecule has 1 amide bonds. The van der Waals surface area contributed by atoms with Crippen LogP contribution in [0.2, 0.25) is 0 Å². The van der Waals surface area contributed by atoms with Gasteiger partial charge in [-0.1, -0.05) is 0 Å². The fourth-order valence-corrected chi connectivity index (χ4v) is 2.80. The largest absolute Gasteiger partial charge is 0.375 e. The van der Waals surface area contributed by atoms with Crippen LogP contribution in [0.25, 0.3) is 0 Å². The van der Waals surface area contributed by atoms with Gasteiger partial charge in [-0.3, -0.25) is 4.79 Å². The lowest BCUT2D eigenvalue weighted by Crippen LogP contribution is -2.38. The van der Waals surface area contributed by atoms with Crippen LogP contribution in [-0.4, -0.2) is 54.3 Å². The van der Waals surface area contributed by atoms with E-state index in [0.717, 1.165) is 25.3 Å². The van der Waals surface area contributed by atoms with Gasteiger partial charge in [0.05, 0.1) is 12.7 Å². The maximum absolute atomic E-state index is 12.5. The van der Waals surface area contributed by atoms with Crippen molar-refractivity contribution in [2.24, 2.45) is 13.0 Å². The molecule has 0 saturated carbocycles. The second kappa shape index (κ2) is 5.94. The van der Waals surface area contributed by atoms with Crippen molar-refractivity contribution in [1.29, 1.82) is 0 Å². The molecule has 1 aromatic rings. The summed E-state index contributed by atoms with van der Waals surface area (Å²) in [6.45, 7) is 3.98. The molecule has 0 aromatic carbocycles. The maximum Gasteiger partial charge on any atom is 0.270 e. The summed E-state index contributed by atoms with van der Waals surface area (Å²) in [6.07, 6.45) is 2.18.